The molecule has 1 N–H and O–H groups in total. The van der Waals surface area contributed by atoms with Crippen molar-refractivity contribution in [2.45, 2.75) is 13.8 Å². The lowest BCUT2D eigenvalue weighted by molar-refractivity contribution is -0.384. The molecule has 3 aromatic rings. The summed E-state index contributed by atoms with van der Waals surface area (Å²) in [7, 11) is 0. The van der Waals surface area contributed by atoms with E-state index in [1.807, 2.05) is 32.0 Å². The number of rotatable bonds is 5. The number of hydrogen-bond donors (Lipinski definition) is 1. The van der Waals surface area contributed by atoms with Gasteiger partial charge in [0.15, 0.2) is 0 Å². The van der Waals surface area contributed by atoms with E-state index in [4.69, 9.17) is 0 Å². The third-order valence-corrected chi connectivity index (χ3v) is 5.33. The van der Waals surface area contributed by atoms with E-state index in [1.54, 1.807) is 30.3 Å². The van der Waals surface area contributed by atoms with E-state index in [9.17, 15) is 19.7 Å². The molecule has 0 bridgehead atoms. The zero-order chi connectivity index (χ0) is 22.1. The van der Waals surface area contributed by atoms with Gasteiger partial charge in [-0.1, -0.05) is 30.3 Å². The minimum Gasteiger partial charge on any atom is -0.350 e. The average Bonchev–Trinajstić information content (AvgIpc) is 3.01. The molecule has 0 radical (unpaired) electrons. The van der Waals surface area contributed by atoms with Crippen LogP contribution in [0, 0.1) is 24.0 Å². The lowest BCUT2D eigenvalue weighted by Crippen LogP contribution is -2.32. The van der Waals surface area contributed by atoms with Crippen molar-refractivity contribution in [1.29, 1.82) is 0 Å². The summed E-state index contributed by atoms with van der Waals surface area (Å²) >= 11 is 0. The van der Waals surface area contributed by atoms with Crippen LogP contribution in [0.4, 0.5) is 17.1 Å². The number of carbonyl (C=O) groups is 2. The zero-order valence-electron chi connectivity index (χ0n) is 17.0. The number of hydrogen-bond acceptors (Lipinski definition) is 5. The minimum absolute atomic E-state index is 0.0925. The highest BCUT2D eigenvalue weighted by atomic mass is 16.6. The Hall–Kier alpha value is -4.26. The van der Waals surface area contributed by atoms with Gasteiger partial charge in [-0.2, -0.15) is 0 Å². The second-order valence-electron chi connectivity index (χ2n) is 7.21. The number of non-ortho nitro benzene ring substituents is 1. The van der Waals surface area contributed by atoms with Crippen LogP contribution in [-0.4, -0.2) is 16.7 Å². The lowest BCUT2D eigenvalue weighted by atomic mass is 10.0. The molecule has 0 saturated heterocycles. The molecule has 4 rings (SSSR count). The van der Waals surface area contributed by atoms with E-state index >= 15 is 0 Å². The van der Waals surface area contributed by atoms with Crippen molar-refractivity contribution < 1.29 is 14.5 Å². The quantitative estimate of drug-likeness (QED) is 0.375. The van der Waals surface area contributed by atoms with Crippen LogP contribution in [0.15, 0.2) is 78.5 Å². The fraction of sp³-hybridized carbons (Fsp3) is 0.0833. The number of anilines is 2. The molecule has 0 aromatic heterocycles. The molecule has 0 saturated carbocycles. The highest BCUT2D eigenvalue weighted by Gasteiger charge is 2.40. The summed E-state index contributed by atoms with van der Waals surface area (Å²) in [5.41, 5.74) is 3.80. The summed E-state index contributed by atoms with van der Waals surface area (Å²) in [5, 5.41) is 14.2. The molecule has 7 heteroatoms. The van der Waals surface area contributed by atoms with E-state index in [-0.39, 0.29) is 17.0 Å². The van der Waals surface area contributed by atoms with Gasteiger partial charge in [0.2, 0.25) is 0 Å². The third-order valence-electron chi connectivity index (χ3n) is 5.33. The Morgan fingerprint density at radius 3 is 2.16 bits per heavy atom. The fourth-order valence-corrected chi connectivity index (χ4v) is 3.50. The van der Waals surface area contributed by atoms with Crippen molar-refractivity contribution >= 4 is 34.4 Å². The molecule has 154 valence electrons. The topological polar surface area (TPSA) is 92.6 Å². The number of nitro benzene ring substituents is 1. The first-order valence-electron chi connectivity index (χ1n) is 9.64. The van der Waals surface area contributed by atoms with E-state index in [0.717, 1.165) is 16.0 Å². The first-order chi connectivity index (χ1) is 14.9. The normalized spacial score (nSPS) is 13.7. The number of imide groups is 1. The molecule has 0 spiro atoms. The predicted molar refractivity (Wildman–Crippen MR) is 118 cm³/mol. The van der Waals surface area contributed by atoms with Crippen LogP contribution >= 0.6 is 0 Å². The molecule has 1 aliphatic rings. The van der Waals surface area contributed by atoms with E-state index < -0.39 is 16.7 Å². The summed E-state index contributed by atoms with van der Waals surface area (Å²) < 4.78 is 0. The van der Waals surface area contributed by atoms with E-state index in [0.29, 0.717) is 16.9 Å². The molecular weight excluding hydrogens is 394 g/mol. The van der Waals surface area contributed by atoms with Crippen LogP contribution in [0.2, 0.25) is 0 Å². The molecule has 0 unspecified atom stereocenters. The SMILES string of the molecule is Cc1cccc(NC2=C(c3ccc([N+](=O)[O-])cc3)C(=O)N(c3ccccc3)C2=O)c1C. The van der Waals surface area contributed by atoms with E-state index in [2.05, 4.69) is 5.32 Å². The molecule has 31 heavy (non-hydrogen) atoms. The number of nitrogens with one attached hydrogen (secondary N) is 1. The maximum absolute atomic E-state index is 13.4. The Bertz CT molecular complexity index is 1230. The molecule has 0 aliphatic carbocycles. The van der Waals surface area contributed by atoms with E-state index in [1.165, 1.54) is 24.3 Å². The summed E-state index contributed by atoms with van der Waals surface area (Å²) in [6.45, 7) is 3.89. The molecule has 7 nitrogen and oxygen atoms in total. The van der Waals surface area contributed by atoms with Crippen LogP contribution < -0.4 is 10.2 Å². The van der Waals surface area contributed by atoms with Gasteiger partial charge in [0.25, 0.3) is 17.5 Å². The second-order valence-corrected chi connectivity index (χ2v) is 7.21. The maximum atomic E-state index is 13.4. The van der Waals surface area contributed by atoms with Gasteiger partial charge >= 0.3 is 0 Å². The maximum Gasteiger partial charge on any atom is 0.282 e. The van der Waals surface area contributed by atoms with Crippen LogP contribution in [0.5, 0.6) is 0 Å². The minimum atomic E-state index is -0.509. The smallest absolute Gasteiger partial charge is 0.282 e. The van der Waals surface area contributed by atoms with Gasteiger partial charge in [0.1, 0.15) is 5.70 Å². The van der Waals surface area contributed by atoms with Crippen molar-refractivity contribution in [2.24, 2.45) is 0 Å². The molecule has 0 atom stereocenters. The Labute approximate surface area is 178 Å². The number of benzene rings is 3. The summed E-state index contributed by atoms with van der Waals surface area (Å²) in [5.74, 6) is -0.969. The van der Waals surface area contributed by atoms with Crippen LogP contribution in [0.1, 0.15) is 16.7 Å². The van der Waals surface area contributed by atoms with Crippen molar-refractivity contribution in [3.63, 3.8) is 0 Å². The van der Waals surface area contributed by atoms with Crippen LogP contribution in [-0.2, 0) is 9.59 Å². The molecule has 2 amide bonds. The van der Waals surface area contributed by atoms with Crippen molar-refractivity contribution in [1.82, 2.24) is 0 Å². The highest BCUT2D eigenvalue weighted by Crippen LogP contribution is 2.35. The van der Waals surface area contributed by atoms with Crippen molar-refractivity contribution in [3.8, 4) is 0 Å². The lowest BCUT2D eigenvalue weighted by Gasteiger charge is -2.16. The Morgan fingerprint density at radius 2 is 1.52 bits per heavy atom. The number of para-hydroxylation sites is 1. The third kappa shape index (κ3) is 3.57. The number of nitro groups is 1. The Morgan fingerprint density at radius 1 is 0.839 bits per heavy atom. The summed E-state index contributed by atoms with van der Waals surface area (Å²) in [6.07, 6.45) is 0. The number of aryl methyl sites for hydroxylation is 1. The first-order valence-corrected chi connectivity index (χ1v) is 9.64. The number of nitrogens with zero attached hydrogens (tertiary/aromatic N) is 2. The summed E-state index contributed by atoms with van der Waals surface area (Å²) in [4.78, 5) is 38.3. The van der Waals surface area contributed by atoms with Gasteiger partial charge in [-0.3, -0.25) is 19.7 Å². The van der Waals surface area contributed by atoms with Gasteiger partial charge in [-0.25, -0.2) is 4.90 Å². The van der Waals surface area contributed by atoms with Crippen molar-refractivity contribution in [3.05, 3.63) is 105 Å². The average molecular weight is 413 g/mol. The number of carbonyl (C=O) groups excluding carboxylic acids is 2. The molecule has 0 fully saturated rings. The van der Waals surface area contributed by atoms with Gasteiger partial charge in [0, 0.05) is 17.8 Å². The van der Waals surface area contributed by atoms with Gasteiger partial charge in [-0.15, -0.1) is 0 Å². The van der Waals surface area contributed by atoms with Gasteiger partial charge in [-0.05, 0) is 60.9 Å². The van der Waals surface area contributed by atoms with Gasteiger partial charge < -0.3 is 5.32 Å². The molecular formula is C24H19N3O4. The molecule has 3 aromatic carbocycles. The summed E-state index contributed by atoms with van der Waals surface area (Å²) in [6, 6.07) is 19.9. The Balaban J connectivity index is 1.85. The van der Waals surface area contributed by atoms with Crippen molar-refractivity contribution in [2.75, 3.05) is 10.2 Å². The van der Waals surface area contributed by atoms with Crippen LogP contribution in [0.25, 0.3) is 5.57 Å². The fourth-order valence-electron chi connectivity index (χ4n) is 3.50. The van der Waals surface area contributed by atoms with Crippen LogP contribution in [0.3, 0.4) is 0 Å². The number of amides is 2. The standard InChI is InChI=1S/C24H19N3O4/c1-15-7-6-10-20(16(15)2)25-22-21(17-11-13-19(14-12-17)27(30)31)23(28)26(24(22)29)18-8-4-3-5-9-18/h3-14,25H,1-2H3. The largest absolute Gasteiger partial charge is 0.350 e. The monoisotopic (exact) mass is 413 g/mol. The first kappa shape index (κ1) is 20.0. The van der Waals surface area contributed by atoms with Gasteiger partial charge in [0.05, 0.1) is 16.2 Å². The zero-order valence-corrected chi connectivity index (χ0v) is 17.0. The molecule has 1 aliphatic heterocycles. The highest BCUT2D eigenvalue weighted by molar-refractivity contribution is 6.46. The second kappa shape index (κ2) is 7.87. The molecule has 1 heterocycles. The predicted octanol–water partition coefficient (Wildman–Crippen LogP) is 4.61. The Kier molecular flexibility index (Phi) is 5.09.